The molecule has 0 bridgehead atoms. The molecular formula is C26H40N6O. The van der Waals surface area contributed by atoms with Gasteiger partial charge in [0.15, 0.2) is 0 Å². The fourth-order valence-corrected chi connectivity index (χ4v) is 3.93. The van der Waals surface area contributed by atoms with Crippen LogP contribution in [0.25, 0.3) is 0 Å². The maximum Gasteiger partial charge on any atom is 0.228 e. The van der Waals surface area contributed by atoms with Gasteiger partial charge < -0.3 is 20.0 Å². The van der Waals surface area contributed by atoms with E-state index in [4.69, 9.17) is 0 Å². The number of nitrogens with one attached hydrogen (secondary N) is 1. The summed E-state index contributed by atoms with van der Waals surface area (Å²) in [7, 11) is 2.18. The fourth-order valence-electron chi connectivity index (χ4n) is 3.93. The third-order valence-electron chi connectivity index (χ3n) is 6.23. The molecule has 7 heteroatoms. The summed E-state index contributed by atoms with van der Waals surface area (Å²) in [5.74, 6) is 1.11. The molecule has 0 aliphatic carbocycles. The minimum atomic E-state index is 0.175. The number of hydrogen-bond acceptors (Lipinski definition) is 6. The Labute approximate surface area is 199 Å². The molecule has 7 nitrogen and oxygen atoms in total. The number of carbonyl (C=O) groups is 1. The zero-order chi connectivity index (χ0) is 23.8. The summed E-state index contributed by atoms with van der Waals surface area (Å²) in [6.07, 6.45) is 4.38. The molecule has 4 rings (SSSR count). The number of nitrogens with zero attached hydrogens (tertiary/aromatic N) is 5. The Morgan fingerprint density at radius 2 is 1.36 bits per heavy atom. The molecule has 2 saturated heterocycles. The van der Waals surface area contributed by atoms with Gasteiger partial charge in [-0.05, 0) is 43.1 Å². The van der Waals surface area contributed by atoms with Crippen LogP contribution in [0.1, 0.15) is 57.3 Å². The first-order valence-electron chi connectivity index (χ1n) is 12.2. The Balaban J connectivity index is 0.000000186. The van der Waals surface area contributed by atoms with E-state index in [0.29, 0.717) is 18.3 Å². The van der Waals surface area contributed by atoms with Crippen LogP contribution in [0.4, 0.5) is 11.4 Å². The van der Waals surface area contributed by atoms with Crippen molar-refractivity contribution in [2.45, 2.75) is 46.0 Å². The number of hydrogen-bond donors (Lipinski definition) is 1. The molecule has 0 spiro atoms. The Morgan fingerprint density at radius 3 is 1.88 bits per heavy atom. The van der Waals surface area contributed by atoms with E-state index in [0.717, 1.165) is 57.2 Å². The van der Waals surface area contributed by atoms with Crippen LogP contribution in [0.5, 0.6) is 0 Å². The van der Waals surface area contributed by atoms with Crippen LogP contribution < -0.4 is 15.1 Å². The zero-order valence-corrected chi connectivity index (χ0v) is 20.9. The monoisotopic (exact) mass is 452 g/mol. The van der Waals surface area contributed by atoms with Gasteiger partial charge >= 0.3 is 0 Å². The lowest BCUT2D eigenvalue weighted by Gasteiger charge is -2.33. The molecule has 2 aromatic heterocycles. The van der Waals surface area contributed by atoms with Crippen LogP contribution in [-0.2, 0) is 4.79 Å². The SMILES string of the molecule is CC(C)c1ccc(N2CCN(C)CC2)cn1.CC(C)c1ccc(N2CCNCCC2=O)cn1. The highest BCUT2D eigenvalue weighted by molar-refractivity contribution is 5.93. The van der Waals surface area contributed by atoms with Crippen LogP contribution in [0.3, 0.4) is 0 Å². The fraction of sp³-hybridized carbons (Fsp3) is 0.577. The topological polar surface area (TPSA) is 64.6 Å². The van der Waals surface area contributed by atoms with E-state index in [1.54, 1.807) is 6.20 Å². The number of likely N-dealkylation sites (N-methyl/N-ethyl adjacent to an activating group) is 1. The van der Waals surface area contributed by atoms with Crippen molar-refractivity contribution in [2.75, 3.05) is 62.7 Å². The number of pyridine rings is 2. The summed E-state index contributed by atoms with van der Waals surface area (Å²) in [4.78, 5) is 27.4. The van der Waals surface area contributed by atoms with Crippen LogP contribution in [0.15, 0.2) is 36.7 Å². The molecule has 2 aliphatic rings. The summed E-state index contributed by atoms with van der Waals surface area (Å²) < 4.78 is 0. The van der Waals surface area contributed by atoms with Crippen LogP contribution in [-0.4, -0.2) is 73.6 Å². The lowest BCUT2D eigenvalue weighted by molar-refractivity contribution is -0.118. The van der Waals surface area contributed by atoms with E-state index in [1.807, 2.05) is 23.2 Å². The number of carbonyl (C=O) groups excluding carboxylic acids is 1. The number of anilines is 2. The summed E-state index contributed by atoms with van der Waals surface area (Å²) in [6, 6.07) is 8.35. The van der Waals surface area contributed by atoms with Gasteiger partial charge in [-0.3, -0.25) is 14.8 Å². The highest BCUT2D eigenvalue weighted by atomic mass is 16.2. The van der Waals surface area contributed by atoms with E-state index in [2.05, 4.69) is 72.0 Å². The third-order valence-corrected chi connectivity index (χ3v) is 6.23. The van der Waals surface area contributed by atoms with Gasteiger partial charge in [-0.25, -0.2) is 0 Å². The van der Waals surface area contributed by atoms with Gasteiger partial charge in [0.25, 0.3) is 0 Å². The Hall–Kier alpha value is -2.51. The second-order valence-corrected chi connectivity index (χ2v) is 9.53. The molecule has 0 radical (unpaired) electrons. The van der Waals surface area contributed by atoms with E-state index in [9.17, 15) is 4.79 Å². The molecule has 2 fully saturated rings. The molecule has 1 N–H and O–H groups in total. The molecule has 1 amide bonds. The lowest BCUT2D eigenvalue weighted by atomic mass is 10.1. The number of aromatic nitrogens is 2. The number of amides is 1. The van der Waals surface area contributed by atoms with Crippen molar-refractivity contribution in [3.63, 3.8) is 0 Å². The van der Waals surface area contributed by atoms with Crippen molar-refractivity contribution < 1.29 is 4.79 Å². The molecular weight excluding hydrogens is 412 g/mol. The van der Waals surface area contributed by atoms with Crippen molar-refractivity contribution >= 4 is 17.3 Å². The second kappa shape index (κ2) is 12.1. The molecule has 0 unspecified atom stereocenters. The molecule has 2 aromatic rings. The van der Waals surface area contributed by atoms with Crippen molar-refractivity contribution in [1.82, 2.24) is 20.2 Å². The average molecular weight is 453 g/mol. The maximum absolute atomic E-state index is 11.9. The van der Waals surface area contributed by atoms with Gasteiger partial charge in [0, 0.05) is 63.6 Å². The molecule has 2 aliphatic heterocycles. The quantitative estimate of drug-likeness (QED) is 0.766. The lowest BCUT2D eigenvalue weighted by Crippen LogP contribution is -2.44. The molecule has 0 aromatic carbocycles. The third kappa shape index (κ3) is 7.24. The highest BCUT2D eigenvalue weighted by Gasteiger charge is 2.18. The van der Waals surface area contributed by atoms with E-state index >= 15 is 0 Å². The van der Waals surface area contributed by atoms with Crippen LogP contribution in [0, 0.1) is 0 Å². The van der Waals surface area contributed by atoms with Crippen molar-refractivity contribution in [2.24, 2.45) is 0 Å². The zero-order valence-electron chi connectivity index (χ0n) is 20.9. The predicted molar refractivity (Wildman–Crippen MR) is 136 cm³/mol. The van der Waals surface area contributed by atoms with Crippen molar-refractivity contribution in [3.05, 3.63) is 48.0 Å². The molecule has 0 atom stereocenters. The van der Waals surface area contributed by atoms with Gasteiger partial charge in [-0.15, -0.1) is 0 Å². The summed E-state index contributed by atoms with van der Waals surface area (Å²) in [5.41, 5.74) is 4.41. The smallest absolute Gasteiger partial charge is 0.228 e. The first-order valence-corrected chi connectivity index (χ1v) is 12.2. The van der Waals surface area contributed by atoms with Crippen molar-refractivity contribution in [1.29, 1.82) is 0 Å². The minimum absolute atomic E-state index is 0.175. The van der Waals surface area contributed by atoms with Gasteiger partial charge in [-0.1, -0.05) is 27.7 Å². The van der Waals surface area contributed by atoms with E-state index < -0.39 is 0 Å². The summed E-state index contributed by atoms with van der Waals surface area (Å²) >= 11 is 0. The Morgan fingerprint density at radius 1 is 0.788 bits per heavy atom. The van der Waals surface area contributed by atoms with Gasteiger partial charge in [-0.2, -0.15) is 0 Å². The van der Waals surface area contributed by atoms with E-state index in [1.165, 1.54) is 11.4 Å². The summed E-state index contributed by atoms with van der Waals surface area (Å²) in [5, 5.41) is 3.22. The maximum atomic E-state index is 11.9. The Kier molecular flexibility index (Phi) is 9.21. The number of rotatable bonds is 4. The first kappa shape index (κ1) is 25.1. The molecule has 180 valence electrons. The van der Waals surface area contributed by atoms with Crippen LogP contribution in [0.2, 0.25) is 0 Å². The van der Waals surface area contributed by atoms with Gasteiger partial charge in [0.2, 0.25) is 5.91 Å². The normalized spacial score (nSPS) is 17.7. The highest BCUT2D eigenvalue weighted by Crippen LogP contribution is 2.19. The predicted octanol–water partition coefficient (Wildman–Crippen LogP) is 3.49. The van der Waals surface area contributed by atoms with Crippen LogP contribution >= 0.6 is 0 Å². The largest absolute Gasteiger partial charge is 0.368 e. The van der Waals surface area contributed by atoms with Gasteiger partial charge in [0.1, 0.15) is 0 Å². The molecule has 0 saturated carbocycles. The first-order chi connectivity index (χ1) is 15.8. The number of piperazine rings is 1. The van der Waals surface area contributed by atoms with Crippen molar-refractivity contribution in [3.8, 4) is 0 Å². The molecule has 4 heterocycles. The Bertz CT molecular complexity index is 857. The molecule has 33 heavy (non-hydrogen) atoms. The standard InChI is InChI=1S/C13H19N3O.C13H21N3/c1-10(2)12-4-3-11(9-15-12)16-8-7-14-6-5-13(16)17;1-11(2)13-5-4-12(10-14-13)16-8-6-15(3)7-9-16/h3-4,9-10,14H,5-8H2,1-2H3;4-5,10-11H,6-9H2,1-3H3. The summed E-state index contributed by atoms with van der Waals surface area (Å²) in [6.45, 7) is 15.4. The van der Waals surface area contributed by atoms with E-state index in [-0.39, 0.29) is 5.91 Å². The average Bonchev–Trinajstić information content (AvgIpc) is 3.04. The van der Waals surface area contributed by atoms with Gasteiger partial charge in [0.05, 0.1) is 23.8 Å². The second-order valence-electron chi connectivity index (χ2n) is 9.53. The minimum Gasteiger partial charge on any atom is -0.368 e.